The predicted molar refractivity (Wildman–Crippen MR) is 115 cm³/mol. The second-order valence-electron chi connectivity index (χ2n) is 9.59. The van der Waals surface area contributed by atoms with Crippen LogP contribution in [0.15, 0.2) is 34.9 Å². The molecule has 5 rings (SSSR count). The number of hydrogen-bond acceptors (Lipinski definition) is 5. The van der Waals surface area contributed by atoms with Crippen molar-refractivity contribution in [3.05, 3.63) is 58.8 Å². The molecule has 7 nitrogen and oxygen atoms in total. The highest BCUT2D eigenvalue weighted by molar-refractivity contribution is 5.97. The second-order valence-corrected chi connectivity index (χ2v) is 9.59. The summed E-state index contributed by atoms with van der Waals surface area (Å²) in [7, 11) is 0. The van der Waals surface area contributed by atoms with Crippen LogP contribution in [0.2, 0.25) is 0 Å². The van der Waals surface area contributed by atoms with E-state index in [9.17, 15) is 9.59 Å². The smallest absolute Gasteiger partial charge is 0.305 e. The first-order valence-corrected chi connectivity index (χ1v) is 10.6. The van der Waals surface area contributed by atoms with Crippen molar-refractivity contribution in [2.45, 2.75) is 58.3 Å². The molecule has 0 aliphatic heterocycles. The minimum atomic E-state index is -0.881. The number of hydrazine groups is 1. The molecule has 0 spiro atoms. The van der Waals surface area contributed by atoms with E-state index in [0.29, 0.717) is 6.42 Å². The van der Waals surface area contributed by atoms with Crippen LogP contribution in [-0.4, -0.2) is 21.8 Å². The Morgan fingerprint density at radius 3 is 2.23 bits per heavy atom. The number of rotatable bonds is 2. The van der Waals surface area contributed by atoms with E-state index in [1.165, 1.54) is 11.8 Å². The van der Waals surface area contributed by atoms with E-state index >= 15 is 0 Å². The van der Waals surface area contributed by atoms with E-state index in [2.05, 4.69) is 44.6 Å². The van der Waals surface area contributed by atoms with Crippen LogP contribution in [0.4, 0.5) is 0 Å². The average molecular weight is 418 g/mol. The molecule has 7 heteroatoms. The van der Waals surface area contributed by atoms with Gasteiger partial charge in [0.1, 0.15) is 5.41 Å². The number of fused-ring (bicyclic) bond motifs is 6. The predicted octanol–water partition coefficient (Wildman–Crippen LogP) is 3.63. The minimum Gasteiger partial charge on any atom is -0.459 e. The molecule has 0 saturated heterocycles. The van der Waals surface area contributed by atoms with Crippen molar-refractivity contribution in [2.75, 3.05) is 0 Å². The van der Waals surface area contributed by atoms with Gasteiger partial charge >= 0.3 is 5.91 Å². The summed E-state index contributed by atoms with van der Waals surface area (Å²) < 4.78 is 5.11. The molecule has 2 N–H and O–H groups in total. The van der Waals surface area contributed by atoms with Gasteiger partial charge in [-0.3, -0.25) is 20.4 Å². The Hall–Kier alpha value is -3.22. The SMILES string of the molecule is Cc1cc2nc3c(nc2cc1C)C1(C(=O)NNC(=O)c2ccco2)CCC3(C)C1(C)C. The highest BCUT2D eigenvalue weighted by atomic mass is 16.3. The molecule has 2 amide bonds. The number of nitrogens with one attached hydrogen (secondary N) is 2. The third-order valence-corrected chi connectivity index (χ3v) is 8.08. The number of amides is 2. The largest absolute Gasteiger partial charge is 0.459 e. The van der Waals surface area contributed by atoms with Gasteiger partial charge in [-0.25, -0.2) is 9.97 Å². The third-order valence-electron chi connectivity index (χ3n) is 8.08. The number of nitrogens with zero attached hydrogens (tertiary/aromatic N) is 2. The molecule has 2 unspecified atom stereocenters. The molecule has 2 aliphatic carbocycles. The van der Waals surface area contributed by atoms with Crippen LogP contribution in [0, 0.1) is 19.3 Å². The Labute approximate surface area is 180 Å². The van der Waals surface area contributed by atoms with Gasteiger partial charge < -0.3 is 4.42 Å². The number of benzene rings is 1. The van der Waals surface area contributed by atoms with Gasteiger partial charge in [-0.05, 0) is 67.5 Å². The zero-order valence-corrected chi connectivity index (χ0v) is 18.4. The molecular formula is C24H26N4O3. The average Bonchev–Trinajstić information content (AvgIpc) is 3.36. The van der Waals surface area contributed by atoms with Crippen molar-refractivity contribution in [1.29, 1.82) is 0 Å². The lowest BCUT2D eigenvalue weighted by Gasteiger charge is -2.39. The quantitative estimate of drug-likeness (QED) is 0.620. The maximum Gasteiger partial charge on any atom is 0.305 e. The summed E-state index contributed by atoms with van der Waals surface area (Å²) in [5.74, 6) is -0.628. The summed E-state index contributed by atoms with van der Waals surface area (Å²) in [6, 6.07) is 7.27. The Kier molecular flexibility index (Phi) is 3.92. The van der Waals surface area contributed by atoms with Crippen LogP contribution in [0.1, 0.15) is 66.7 Å². The Morgan fingerprint density at radius 2 is 1.61 bits per heavy atom. The summed E-state index contributed by atoms with van der Waals surface area (Å²) in [4.78, 5) is 36.0. The van der Waals surface area contributed by atoms with E-state index in [-0.39, 0.29) is 17.1 Å². The van der Waals surface area contributed by atoms with Crippen molar-refractivity contribution < 1.29 is 14.0 Å². The normalized spacial score (nSPS) is 25.5. The van der Waals surface area contributed by atoms with Gasteiger partial charge in [-0.2, -0.15) is 0 Å². The summed E-state index contributed by atoms with van der Waals surface area (Å²) >= 11 is 0. The zero-order valence-electron chi connectivity index (χ0n) is 18.4. The van der Waals surface area contributed by atoms with Crippen molar-refractivity contribution in [1.82, 2.24) is 20.8 Å². The summed E-state index contributed by atoms with van der Waals surface area (Å²) in [5, 5.41) is 0. The van der Waals surface area contributed by atoms with Gasteiger partial charge in [0.25, 0.3) is 5.91 Å². The molecular weight excluding hydrogens is 392 g/mol. The standard InChI is InChI=1S/C24H26N4O3/c1-13-11-15-16(12-14(13)2)26-19-18(25-15)23(5)8-9-24(19,22(23,3)4)21(30)28-27-20(29)17-7-6-10-31-17/h6-7,10-12H,8-9H2,1-5H3,(H,27,29)(H,28,30). The first kappa shape index (κ1) is 19.7. The van der Waals surface area contributed by atoms with E-state index < -0.39 is 16.7 Å². The third kappa shape index (κ3) is 2.34. The van der Waals surface area contributed by atoms with Gasteiger partial charge in [0, 0.05) is 5.41 Å². The van der Waals surface area contributed by atoms with Crippen molar-refractivity contribution in [3.8, 4) is 0 Å². The fourth-order valence-corrected chi connectivity index (χ4v) is 5.55. The van der Waals surface area contributed by atoms with Crippen LogP contribution in [-0.2, 0) is 15.6 Å². The number of carbonyl (C=O) groups excluding carboxylic acids is 2. The molecule has 2 bridgehead atoms. The molecule has 0 radical (unpaired) electrons. The number of hydrogen-bond donors (Lipinski definition) is 2. The van der Waals surface area contributed by atoms with Crippen LogP contribution in [0.25, 0.3) is 11.0 Å². The molecule has 2 aliphatic rings. The molecule has 1 fully saturated rings. The van der Waals surface area contributed by atoms with Gasteiger partial charge in [0.2, 0.25) is 0 Å². The maximum atomic E-state index is 13.7. The van der Waals surface area contributed by atoms with E-state index in [0.717, 1.165) is 34.4 Å². The molecule has 3 aromatic rings. The van der Waals surface area contributed by atoms with E-state index in [1.807, 2.05) is 13.0 Å². The molecule has 1 aromatic carbocycles. The fraction of sp³-hybridized carbons (Fsp3) is 0.417. The van der Waals surface area contributed by atoms with Crippen LogP contribution < -0.4 is 10.9 Å². The van der Waals surface area contributed by atoms with Gasteiger partial charge in [-0.15, -0.1) is 0 Å². The number of carbonyl (C=O) groups is 2. The van der Waals surface area contributed by atoms with Crippen LogP contribution in [0.3, 0.4) is 0 Å². The Balaban J connectivity index is 1.60. The van der Waals surface area contributed by atoms with Crippen molar-refractivity contribution in [3.63, 3.8) is 0 Å². The topological polar surface area (TPSA) is 97.1 Å². The van der Waals surface area contributed by atoms with Gasteiger partial charge in [0.15, 0.2) is 5.76 Å². The lowest BCUT2D eigenvalue weighted by Crippen LogP contribution is -2.55. The lowest BCUT2D eigenvalue weighted by atomic mass is 9.63. The molecule has 31 heavy (non-hydrogen) atoms. The molecule has 2 atom stereocenters. The molecule has 160 valence electrons. The maximum absolute atomic E-state index is 13.7. The summed E-state index contributed by atoms with van der Waals surface area (Å²) in [5.41, 5.74) is 9.12. The van der Waals surface area contributed by atoms with Crippen molar-refractivity contribution >= 4 is 22.8 Å². The lowest BCUT2D eigenvalue weighted by molar-refractivity contribution is -0.131. The molecule has 2 aromatic heterocycles. The Bertz CT molecular complexity index is 1250. The monoisotopic (exact) mass is 418 g/mol. The van der Waals surface area contributed by atoms with Gasteiger partial charge in [-0.1, -0.05) is 20.8 Å². The van der Waals surface area contributed by atoms with Crippen molar-refractivity contribution in [2.24, 2.45) is 5.41 Å². The minimum absolute atomic E-state index is 0.136. The van der Waals surface area contributed by atoms with E-state index in [4.69, 9.17) is 14.4 Å². The number of aryl methyl sites for hydroxylation is 2. The molecule has 1 saturated carbocycles. The van der Waals surface area contributed by atoms with Crippen LogP contribution >= 0.6 is 0 Å². The zero-order chi connectivity index (χ0) is 22.2. The van der Waals surface area contributed by atoms with E-state index in [1.54, 1.807) is 12.1 Å². The first-order valence-electron chi connectivity index (χ1n) is 10.6. The second kappa shape index (κ2) is 6.15. The fourth-order valence-electron chi connectivity index (χ4n) is 5.55. The highest BCUT2D eigenvalue weighted by Crippen LogP contribution is 2.70. The highest BCUT2D eigenvalue weighted by Gasteiger charge is 2.73. The summed E-state index contributed by atoms with van der Waals surface area (Å²) in [6.45, 7) is 10.5. The Morgan fingerprint density at radius 1 is 0.968 bits per heavy atom. The van der Waals surface area contributed by atoms with Crippen LogP contribution in [0.5, 0.6) is 0 Å². The molecule has 2 heterocycles. The summed E-state index contributed by atoms with van der Waals surface area (Å²) in [6.07, 6.45) is 2.90. The van der Waals surface area contributed by atoms with Gasteiger partial charge in [0.05, 0.1) is 28.7 Å². The number of aromatic nitrogens is 2. The first-order chi connectivity index (χ1) is 14.6. The number of furan rings is 1.